The minimum Gasteiger partial charge on any atom is -0.398 e. The number of benzene rings is 1. The second-order valence-electron chi connectivity index (χ2n) is 4.43. The number of nitrogens with two attached hydrogens (primary N) is 1. The number of hydrogen-bond acceptors (Lipinski definition) is 4. The first kappa shape index (κ1) is 12.2. The Balaban J connectivity index is 2.10. The molecule has 0 fully saturated rings. The van der Waals surface area contributed by atoms with Crippen LogP contribution in [0.2, 0.25) is 0 Å². The zero-order valence-electron chi connectivity index (χ0n) is 10.9. The van der Waals surface area contributed by atoms with Gasteiger partial charge in [-0.15, -0.1) is 0 Å². The Kier molecular flexibility index (Phi) is 2.83. The molecule has 3 rings (SSSR count). The summed E-state index contributed by atoms with van der Waals surface area (Å²) in [5, 5.41) is 4.19. The van der Waals surface area contributed by atoms with Crippen molar-refractivity contribution in [1.29, 1.82) is 0 Å². The van der Waals surface area contributed by atoms with Crippen LogP contribution in [-0.4, -0.2) is 19.3 Å². The number of nitrogens with zero attached hydrogens (tertiary/aromatic N) is 4. The zero-order valence-corrected chi connectivity index (χ0v) is 10.9. The monoisotopic (exact) mass is 267 g/mol. The molecule has 6 heteroatoms. The van der Waals surface area contributed by atoms with Crippen molar-refractivity contribution in [3.8, 4) is 16.9 Å². The van der Waals surface area contributed by atoms with E-state index in [1.54, 1.807) is 31.8 Å². The molecule has 0 unspecified atom stereocenters. The second-order valence-corrected chi connectivity index (χ2v) is 4.43. The highest BCUT2D eigenvalue weighted by molar-refractivity contribution is 5.75. The molecule has 0 bridgehead atoms. The predicted molar refractivity (Wildman–Crippen MR) is 76.4 cm³/mol. The molecule has 0 spiro atoms. The van der Waals surface area contributed by atoms with Crippen molar-refractivity contribution < 1.29 is 0 Å². The average Bonchev–Trinajstić information content (AvgIpc) is 2.92. The smallest absolute Gasteiger partial charge is 0.295 e. The first-order valence-corrected chi connectivity index (χ1v) is 6.08. The van der Waals surface area contributed by atoms with Crippen molar-refractivity contribution in [2.75, 3.05) is 5.73 Å². The number of aromatic nitrogens is 4. The van der Waals surface area contributed by atoms with Crippen LogP contribution in [0.4, 0.5) is 5.69 Å². The summed E-state index contributed by atoms with van der Waals surface area (Å²) in [6.07, 6.45) is 6.58. The lowest BCUT2D eigenvalue weighted by Crippen LogP contribution is -2.23. The highest BCUT2D eigenvalue weighted by Crippen LogP contribution is 2.24. The quantitative estimate of drug-likeness (QED) is 0.708. The van der Waals surface area contributed by atoms with E-state index in [-0.39, 0.29) is 11.4 Å². The van der Waals surface area contributed by atoms with Crippen LogP contribution < -0.4 is 11.3 Å². The second kappa shape index (κ2) is 4.65. The molecule has 2 N–H and O–H groups in total. The molecule has 0 amide bonds. The van der Waals surface area contributed by atoms with Crippen molar-refractivity contribution in [2.45, 2.75) is 0 Å². The average molecular weight is 267 g/mol. The van der Waals surface area contributed by atoms with Gasteiger partial charge in [-0.1, -0.05) is 18.2 Å². The van der Waals surface area contributed by atoms with E-state index in [0.717, 1.165) is 11.1 Å². The SMILES string of the molecule is Cn1ccnc(-n2cc(-c3ccccc3N)cn2)c1=O. The van der Waals surface area contributed by atoms with Crippen LogP contribution in [0.5, 0.6) is 0 Å². The van der Waals surface area contributed by atoms with Gasteiger partial charge in [-0.2, -0.15) is 5.10 Å². The summed E-state index contributed by atoms with van der Waals surface area (Å²) in [6.45, 7) is 0. The Labute approximate surface area is 115 Å². The number of aryl methyl sites for hydroxylation is 1. The molecule has 0 saturated carbocycles. The molecule has 6 nitrogen and oxygen atoms in total. The van der Waals surface area contributed by atoms with Gasteiger partial charge in [-0.25, -0.2) is 9.67 Å². The van der Waals surface area contributed by atoms with Crippen LogP contribution in [0, 0.1) is 0 Å². The normalized spacial score (nSPS) is 10.7. The van der Waals surface area contributed by atoms with Crippen molar-refractivity contribution >= 4 is 5.69 Å². The minimum atomic E-state index is -0.205. The van der Waals surface area contributed by atoms with Gasteiger partial charge < -0.3 is 10.3 Å². The molecule has 0 saturated heterocycles. The van der Waals surface area contributed by atoms with E-state index in [1.807, 2.05) is 24.3 Å². The maximum atomic E-state index is 12.0. The maximum Gasteiger partial charge on any atom is 0.295 e. The van der Waals surface area contributed by atoms with Gasteiger partial charge in [-0.3, -0.25) is 4.79 Å². The van der Waals surface area contributed by atoms with Crippen molar-refractivity contribution in [3.05, 3.63) is 59.4 Å². The van der Waals surface area contributed by atoms with Crippen molar-refractivity contribution in [1.82, 2.24) is 19.3 Å². The molecule has 0 aliphatic heterocycles. The minimum absolute atomic E-state index is 0.205. The third-order valence-electron chi connectivity index (χ3n) is 3.07. The van der Waals surface area contributed by atoms with Gasteiger partial charge in [0.15, 0.2) is 0 Å². The third-order valence-corrected chi connectivity index (χ3v) is 3.07. The standard InChI is InChI=1S/C14H13N5O/c1-18-7-6-16-13(14(18)20)19-9-10(8-17-19)11-4-2-3-5-12(11)15/h2-9H,15H2,1H3. The van der Waals surface area contributed by atoms with Gasteiger partial charge in [0.2, 0.25) is 5.82 Å². The van der Waals surface area contributed by atoms with Gasteiger partial charge in [0, 0.05) is 42.5 Å². The summed E-state index contributed by atoms with van der Waals surface area (Å²) in [6, 6.07) is 7.51. The number of anilines is 1. The third kappa shape index (κ3) is 1.97. The van der Waals surface area contributed by atoms with E-state index in [9.17, 15) is 4.79 Å². The molecule has 0 atom stereocenters. The Bertz CT molecular complexity index is 818. The highest BCUT2D eigenvalue weighted by atomic mass is 16.1. The van der Waals surface area contributed by atoms with E-state index in [1.165, 1.54) is 9.25 Å². The first-order valence-electron chi connectivity index (χ1n) is 6.08. The molecular weight excluding hydrogens is 254 g/mol. The molecule has 0 radical (unpaired) electrons. The molecule has 100 valence electrons. The summed E-state index contributed by atoms with van der Waals surface area (Å²) in [7, 11) is 1.67. The van der Waals surface area contributed by atoms with Crippen LogP contribution in [-0.2, 0) is 7.05 Å². The summed E-state index contributed by atoms with van der Waals surface area (Å²) in [5.41, 5.74) is 8.12. The summed E-state index contributed by atoms with van der Waals surface area (Å²) in [4.78, 5) is 16.1. The van der Waals surface area contributed by atoms with Gasteiger partial charge in [0.25, 0.3) is 5.56 Å². The molecular formula is C14H13N5O. The van der Waals surface area contributed by atoms with E-state index in [2.05, 4.69) is 10.1 Å². The van der Waals surface area contributed by atoms with Crippen LogP contribution in [0.1, 0.15) is 0 Å². The Morgan fingerprint density at radius 1 is 1.25 bits per heavy atom. The zero-order chi connectivity index (χ0) is 14.1. The fraction of sp³-hybridized carbons (Fsp3) is 0.0714. The highest BCUT2D eigenvalue weighted by Gasteiger charge is 2.09. The lowest BCUT2D eigenvalue weighted by Gasteiger charge is -2.02. The topological polar surface area (TPSA) is 78.7 Å². The fourth-order valence-electron chi connectivity index (χ4n) is 1.98. The largest absolute Gasteiger partial charge is 0.398 e. The molecule has 2 aromatic heterocycles. The number of hydrogen-bond donors (Lipinski definition) is 1. The Hall–Kier alpha value is -2.89. The number of rotatable bonds is 2. The maximum absolute atomic E-state index is 12.0. The predicted octanol–water partition coefficient (Wildman–Crippen LogP) is 1.22. The lowest BCUT2D eigenvalue weighted by atomic mass is 10.1. The van der Waals surface area contributed by atoms with E-state index in [4.69, 9.17) is 5.73 Å². The van der Waals surface area contributed by atoms with E-state index < -0.39 is 0 Å². The number of para-hydroxylation sites is 1. The van der Waals surface area contributed by atoms with Crippen LogP contribution in [0.3, 0.4) is 0 Å². The van der Waals surface area contributed by atoms with Crippen LogP contribution >= 0.6 is 0 Å². The molecule has 2 heterocycles. The van der Waals surface area contributed by atoms with E-state index in [0.29, 0.717) is 5.69 Å². The fourth-order valence-corrected chi connectivity index (χ4v) is 1.98. The molecule has 3 aromatic rings. The number of nitrogen functional groups attached to an aromatic ring is 1. The van der Waals surface area contributed by atoms with Crippen molar-refractivity contribution in [3.63, 3.8) is 0 Å². The Morgan fingerprint density at radius 3 is 2.85 bits per heavy atom. The van der Waals surface area contributed by atoms with Crippen molar-refractivity contribution in [2.24, 2.45) is 7.05 Å². The molecule has 20 heavy (non-hydrogen) atoms. The van der Waals surface area contributed by atoms with E-state index >= 15 is 0 Å². The van der Waals surface area contributed by atoms with Crippen LogP contribution in [0.25, 0.3) is 16.9 Å². The van der Waals surface area contributed by atoms with Gasteiger partial charge in [-0.05, 0) is 6.07 Å². The molecule has 0 aliphatic rings. The van der Waals surface area contributed by atoms with Gasteiger partial charge in [0.05, 0.1) is 6.20 Å². The summed E-state index contributed by atoms with van der Waals surface area (Å²) >= 11 is 0. The molecule has 1 aromatic carbocycles. The molecule has 0 aliphatic carbocycles. The van der Waals surface area contributed by atoms with Gasteiger partial charge >= 0.3 is 0 Å². The summed E-state index contributed by atoms with van der Waals surface area (Å²) in [5.74, 6) is 0.260. The lowest BCUT2D eigenvalue weighted by molar-refractivity contribution is 0.766. The van der Waals surface area contributed by atoms with Gasteiger partial charge in [0.1, 0.15) is 0 Å². The van der Waals surface area contributed by atoms with Crippen LogP contribution in [0.15, 0.2) is 53.8 Å². The first-order chi connectivity index (χ1) is 9.66. The Morgan fingerprint density at radius 2 is 2.05 bits per heavy atom. The summed E-state index contributed by atoms with van der Waals surface area (Å²) < 4.78 is 2.92.